The number of nitrogens with one attached hydrogen (secondary N) is 1. The fourth-order valence-electron chi connectivity index (χ4n) is 1.43. The summed E-state index contributed by atoms with van der Waals surface area (Å²) in [5, 5.41) is 0. The Morgan fingerprint density at radius 1 is 1.62 bits per heavy atom. The average Bonchev–Trinajstić information content (AvgIpc) is 2.88. The second-order valence-corrected chi connectivity index (χ2v) is 3.52. The SMILES string of the molecule is CN(Cc1ccoc1)C(=O)c1cc(F)c[nH]1. The van der Waals surface area contributed by atoms with Crippen LogP contribution in [-0.4, -0.2) is 22.8 Å². The fraction of sp³-hybridized carbons (Fsp3) is 0.182. The molecule has 0 aliphatic carbocycles. The molecule has 2 aromatic rings. The van der Waals surface area contributed by atoms with E-state index in [9.17, 15) is 9.18 Å². The highest BCUT2D eigenvalue weighted by atomic mass is 19.1. The van der Waals surface area contributed by atoms with Gasteiger partial charge in [-0.15, -0.1) is 0 Å². The van der Waals surface area contributed by atoms with Gasteiger partial charge in [-0.05, 0) is 6.07 Å². The van der Waals surface area contributed by atoms with Crippen molar-refractivity contribution >= 4 is 5.91 Å². The largest absolute Gasteiger partial charge is 0.472 e. The molecular formula is C11H11FN2O2. The van der Waals surface area contributed by atoms with Crippen molar-refractivity contribution in [3.63, 3.8) is 0 Å². The van der Waals surface area contributed by atoms with Crippen molar-refractivity contribution < 1.29 is 13.6 Å². The lowest BCUT2D eigenvalue weighted by Gasteiger charge is -2.14. The molecule has 4 nitrogen and oxygen atoms in total. The first-order chi connectivity index (χ1) is 7.66. The van der Waals surface area contributed by atoms with E-state index in [1.54, 1.807) is 25.6 Å². The molecule has 2 aromatic heterocycles. The number of rotatable bonds is 3. The number of furan rings is 1. The van der Waals surface area contributed by atoms with Gasteiger partial charge >= 0.3 is 0 Å². The molecule has 0 fully saturated rings. The van der Waals surface area contributed by atoms with Gasteiger partial charge in [-0.25, -0.2) is 4.39 Å². The third kappa shape index (κ3) is 2.13. The second-order valence-electron chi connectivity index (χ2n) is 3.52. The zero-order valence-electron chi connectivity index (χ0n) is 8.74. The maximum Gasteiger partial charge on any atom is 0.270 e. The molecule has 0 saturated carbocycles. The molecule has 0 bridgehead atoms. The number of aromatic amines is 1. The number of hydrogen-bond donors (Lipinski definition) is 1. The van der Waals surface area contributed by atoms with Gasteiger partial charge in [0.2, 0.25) is 0 Å². The summed E-state index contributed by atoms with van der Waals surface area (Å²) >= 11 is 0. The smallest absolute Gasteiger partial charge is 0.270 e. The van der Waals surface area contributed by atoms with Crippen LogP contribution in [0.4, 0.5) is 4.39 Å². The van der Waals surface area contributed by atoms with Gasteiger partial charge in [0.25, 0.3) is 5.91 Å². The lowest BCUT2D eigenvalue weighted by atomic mass is 10.3. The summed E-state index contributed by atoms with van der Waals surface area (Å²) in [5.41, 5.74) is 1.13. The van der Waals surface area contributed by atoms with E-state index in [4.69, 9.17) is 4.42 Å². The molecule has 0 unspecified atom stereocenters. The van der Waals surface area contributed by atoms with E-state index < -0.39 is 5.82 Å². The standard InChI is InChI=1S/C11H11FN2O2/c1-14(6-8-2-3-16-7-8)11(15)10-4-9(12)5-13-10/h2-5,7,13H,6H2,1H3. The Bertz CT molecular complexity index is 476. The number of halogens is 1. The van der Waals surface area contributed by atoms with Crippen molar-refractivity contribution in [3.8, 4) is 0 Å². The van der Waals surface area contributed by atoms with Crippen molar-refractivity contribution in [1.29, 1.82) is 0 Å². The van der Waals surface area contributed by atoms with Crippen molar-refractivity contribution in [3.05, 3.63) is 47.9 Å². The van der Waals surface area contributed by atoms with Gasteiger partial charge in [-0.1, -0.05) is 0 Å². The Balaban J connectivity index is 2.05. The maximum absolute atomic E-state index is 12.7. The van der Waals surface area contributed by atoms with E-state index in [1.165, 1.54) is 11.0 Å². The molecular weight excluding hydrogens is 211 g/mol. The Morgan fingerprint density at radius 3 is 3.00 bits per heavy atom. The Labute approximate surface area is 91.7 Å². The molecule has 0 aromatic carbocycles. The van der Waals surface area contributed by atoms with Gasteiger partial charge in [0.1, 0.15) is 11.5 Å². The lowest BCUT2D eigenvalue weighted by molar-refractivity contribution is 0.0779. The van der Waals surface area contributed by atoms with Crippen LogP contribution in [0.3, 0.4) is 0 Å². The topological polar surface area (TPSA) is 49.2 Å². The van der Waals surface area contributed by atoms with Gasteiger partial charge in [0.15, 0.2) is 0 Å². The first-order valence-electron chi connectivity index (χ1n) is 4.77. The van der Waals surface area contributed by atoms with Gasteiger partial charge in [0.05, 0.1) is 12.5 Å². The van der Waals surface area contributed by atoms with Crippen LogP contribution in [0.2, 0.25) is 0 Å². The van der Waals surface area contributed by atoms with E-state index in [0.717, 1.165) is 11.8 Å². The number of carbonyl (C=O) groups excluding carboxylic acids is 1. The Morgan fingerprint density at radius 2 is 2.44 bits per heavy atom. The van der Waals surface area contributed by atoms with Crippen LogP contribution in [0.1, 0.15) is 16.1 Å². The normalized spacial score (nSPS) is 10.4. The second kappa shape index (κ2) is 4.22. The highest BCUT2D eigenvalue weighted by molar-refractivity contribution is 5.92. The molecule has 16 heavy (non-hydrogen) atoms. The van der Waals surface area contributed by atoms with Crippen LogP contribution < -0.4 is 0 Å². The van der Waals surface area contributed by atoms with E-state index in [0.29, 0.717) is 6.54 Å². The number of amides is 1. The monoisotopic (exact) mass is 222 g/mol. The molecule has 0 saturated heterocycles. The third-order valence-electron chi connectivity index (χ3n) is 2.22. The summed E-state index contributed by atoms with van der Waals surface area (Å²) in [4.78, 5) is 15.8. The molecule has 1 amide bonds. The minimum absolute atomic E-state index is 0.239. The summed E-state index contributed by atoms with van der Waals surface area (Å²) < 4.78 is 17.6. The van der Waals surface area contributed by atoms with Crippen molar-refractivity contribution in [2.75, 3.05) is 7.05 Å². The van der Waals surface area contributed by atoms with Crippen molar-refractivity contribution in [1.82, 2.24) is 9.88 Å². The van der Waals surface area contributed by atoms with Crippen LogP contribution in [-0.2, 0) is 6.54 Å². The first-order valence-corrected chi connectivity index (χ1v) is 4.77. The number of nitrogens with zero attached hydrogens (tertiary/aromatic N) is 1. The number of H-pyrrole nitrogens is 1. The van der Waals surface area contributed by atoms with E-state index >= 15 is 0 Å². The van der Waals surface area contributed by atoms with Crippen LogP contribution >= 0.6 is 0 Å². The molecule has 0 atom stereocenters. The quantitative estimate of drug-likeness (QED) is 0.863. The van der Waals surface area contributed by atoms with Gasteiger partial charge in [-0.3, -0.25) is 4.79 Å². The maximum atomic E-state index is 12.7. The molecule has 0 spiro atoms. The summed E-state index contributed by atoms with van der Waals surface area (Å²) in [6, 6.07) is 2.95. The molecule has 5 heteroatoms. The molecule has 2 rings (SSSR count). The summed E-state index contributed by atoms with van der Waals surface area (Å²) in [6.45, 7) is 0.427. The van der Waals surface area contributed by atoms with Gasteiger partial charge in [0, 0.05) is 31.4 Å². The Hall–Kier alpha value is -2.04. The van der Waals surface area contributed by atoms with Crippen molar-refractivity contribution in [2.24, 2.45) is 0 Å². The number of hydrogen-bond acceptors (Lipinski definition) is 2. The number of aromatic nitrogens is 1. The van der Waals surface area contributed by atoms with Crippen molar-refractivity contribution in [2.45, 2.75) is 6.54 Å². The molecule has 0 aliphatic rings. The van der Waals surface area contributed by atoms with E-state index in [1.807, 2.05) is 0 Å². The van der Waals surface area contributed by atoms with Gasteiger partial charge in [-0.2, -0.15) is 0 Å². The summed E-state index contributed by atoms with van der Waals surface area (Å²) in [5.74, 6) is -0.704. The van der Waals surface area contributed by atoms with E-state index in [-0.39, 0.29) is 11.6 Å². The fourth-order valence-corrected chi connectivity index (χ4v) is 1.43. The molecule has 2 heterocycles. The summed E-state index contributed by atoms with van der Waals surface area (Å²) in [6.07, 6.45) is 4.26. The highest BCUT2D eigenvalue weighted by Gasteiger charge is 2.14. The molecule has 0 aliphatic heterocycles. The van der Waals surface area contributed by atoms with Crippen LogP contribution in [0, 0.1) is 5.82 Å². The molecule has 0 radical (unpaired) electrons. The van der Waals surface area contributed by atoms with Crippen LogP contribution in [0.15, 0.2) is 35.3 Å². The van der Waals surface area contributed by atoms with Crippen LogP contribution in [0.5, 0.6) is 0 Å². The zero-order chi connectivity index (χ0) is 11.5. The first kappa shape index (κ1) is 10.5. The minimum Gasteiger partial charge on any atom is -0.472 e. The van der Waals surface area contributed by atoms with Crippen LogP contribution in [0.25, 0.3) is 0 Å². The zero-order valence-corrected chi connectivity index (χ0v) is 8.74. The minimum atomic E-state index is -0.444. The highest BCUT2D eigenvalue weighted by Crippen LogP contribution is 2.08. The number of carbonyl (C=O) groups is 1. The molecule has 1 N–H and O–H groups in total. The predicted molar refractivity (Wildman–Crippen MR) is 55.3 cm³/mol. The predicted octanol–water partition coefficient (Wildman–Crippen LogP) is 2.02. The summed E-state index contributed by atoms with van der Waals surface area (Å²) in [7, 11) is 1.65. The average molecular weight is 222 g/mol. The van der Waals surface area contributed by atoms with Gasteiger partial charge < -0.3 is 14.3 Å². The molecule has 84 valence electrons. The third-order valence-corrected chi connectivity index (χ3v) is 2.22. The van der Waals surface area contributed by atoms with E-state index in [2.05, 4.69) is 4.98 Å². The lowest BCUT2D eigenvalue weighted by Crippen LogP contribution is -2.26. The Kier molecular flexibility index (Phi) is 2.76.